The van der Waals surface area contributed by atoms with E-state index < -0.39 is 18.1 Å². The van der Waals surface area contributed by atoms with Crippen LogP contribution >= 0.6 is 0 Å². The normalized spacial score (nSPS) is 12.8. The number of benzene rings is 8. The summed E-state index contributed by atoms with van der Waals surface area (Å²) < 4.78 is 42.0. The zero-order chi connectivity index (χ0) is 36.2. The van der Waals surface area contributed by atoms with Crippen LogP contribution in [0.2, 0.25) is 0 Å². The van der Waals surface area contributed by atoms with Crippen molar-refractivity contribution >= 4 is 32.3 Å². The molecule has 3 nitrogen and oxygen atoms in total. The first-order chi connectivity index (χ1) is 25.9. The predicted molar refractivity (Wildman–Crippen MR) is 200 cm³/mol. The van der Waals surface area contributed by atoms with Crippen molar-refractivity contribution in [3.05, 3.63) is 176 Å². The van der Waals surface area contributed by atoms with Crippen molar-refractivity contribution in [3.8, 4) is 56.4 Å². The van der Waals surface area contributed by atoms with Crippen molar-refractivity contribution in [1.29, 1.82) is 0 Å². The number of hydrogen-bond acceptors (Lipinski definition) is 3. The lowest BCUT2D eigenvalue weighted by atomic mass is 9.92. The van der Waals surface area contributed by atoms with Gasteiger partial charge in [0.05, 0.1) is 6.85 Å². The maximum absolute atomic E-state index is 8.65. The smallest absolute Gasteiger partial charge is 0.164 e. The molecule has 9 rings (SSSR count). The Morgan fingerprint density at radius 1 is 0.292 bits per heavy atom. The van der Waals surface area contributed by atoms with Crippen LogP contribution in [0.4, 0.5) is 0 Å². The highest BCUT2D eigenvalue weighted by Crippen LogP contribution is 2.37. The molecule has 48 heavy (non-hydrogen) atoms. The van der Waals surface area contributed by atoms with E-state index >= 15 is 0 Å². The Morgan fingerprint density at radius 2 is 0.667 bits per heavy atom. The van der Waals surface area contributed by atoms with Crippen LogP contribution in [-0.2, 0) is 0 Å². The van der Waals surface area contributed by atoms with Crippen LogP contribution in [0.1, 0.15) is 6.85 Å². The minimum absolute atomic E-state index is 0.00634. The summed E-state index contributed by atoms with van der Waals surface area (Å²) >= 11 is 0. The van der Waals surface area contributed by atoms with Crippen molar-refractivity contribution in [2.45, 2.75) is 0 Å². The molecule has 0 N–H and O–H groups in total. The van der Waals surface area contributed by atoms with E-state index in [-0.39, 0.29) is 23.5 Å². The second-order valence-corrected chi connectivity index (χ2v) is 11.7. The van der Waals surface area contributed by atoms with Gasteiger partial charge in [0.25, 0.3) is 0 Å². The molecule has 0 saturated heterocycles. The van der Waals surface area contributed by atoms with Crippen LogP contribution in [0.25, 0.3) is 88.7 Å². The van der Waals surface area contributed by atoms with Gasteiger partial charge in [-0.2, -0.15) is 0 Å². The van der Waals surface area contributed by atoms with Crippen molar-refractivity contribution in [3.63, 3.8) is 0 Å². The Morgan fingerprint density at radius 3 is 1.21 bits per heavy atom. The third-order valence-electron chi connectivity index (χ3n) is 8.83. The van der Waals surface area contributed by atoms with E-state index in [1.807, 2.05) is 78.9 Å². The fourth-order valence-corrected chi connectivity index (χ4v) is 6.45. The van der Waals surface area contributed by atoms with Gasteiger partial charge in [-0.1, -0.05) is 170 Å². The molecule has 0 radical (unpaired) electrons. The third-order valence-corrected chi connectivity index (χ3v) is 8.83. The number of nitrogens with zero attached hydrogens (tertiary/aromatic N) is 3. The van der Waals surface area contributed by atoms with Crippen LogP contribution in [0, 0.1) is 0 Å². The van der Waals surface area contributed by atoms with Gasteiger partial charge in [0.2, 0.25) is 0 Å². The van der Waals surface area contributed by atoms with Gasteiger partial charge in [-0.3, -0.25) is 0 Å². The van der Waals surface area contributed by atoms with Gasteiger partial charge in [0.15, 0.2) is 17.5 Å². The van der Waals surface area contributed by atoms with E-state index in [9.17, 15) is 0 Å². The molecule has 224 valence electrons. The summed E-state index contributed by atoms with van der Waals surface area (Å²) in [4.78, 5) is 14.3. The highest BCUT2D eigenvalue weighted by Gasteiger charge is 2.14. The van der Waals surface area contributed by atoms with Gasteiger partial charge in [0, 0.05) is 16.7 Å². The quantitative estimate of drug-likeness (QED) is 0.181. The van der Waals surface area contributed by atoms with E-state index in [4.69, 9.17) is 16.8 Å². The molecule has 8 aromatic carbocycles. The lowest BCUT2D eigenvalue weighted by Crippen LogP contribution is -2.00. The van der Waals surface area contributed by atoms with Gasteiger partial charge in [-0.25, -0.2) is 15.0 Å². The average molecular weight is 617 g/mol. The minimum atomic E-state index is -0.472. The summed E-state index contributed by atoms with van der Waals surface area (Å²) in [6, 6.07) is 47.3. The minimum Gasteiger partial charge on any atom is -0.208 e. The Balaban J connectivity index is 1.16. The Labute approximate surface area is 285 Å². The van der Waals surface area contributed by atoms with Gasteiger partial charge >= 0.3 is 0 Å². The predicted octanol–water partition coefficient (Wildman–Crippen LogP) is 11.7. The van der Waals surface area contributed by atoms with E-state index in [0.717, 1.165) is 22.3 Å². The van der Waals surface area contributed by atoms with Crippen molar-refractivity contribution < 1.29 is 6.85 Å². The largest absolute Gasteiger partial charge is 0.208 e. The Hall–Kier alpha value is -6.45. The molecule has 3 heteroatoms. The Bertz CT molecular complexity index is 2810. The van der Waals surface area contributed by atoms with Crippen LogP contribution in [0.3, 0.4) is 0 Å². The second kappa shape index (κ2) is 11.7. The van der Waals surface area contributed by atoms with Crippen LogP contribution < -0.4 is 0 Å². The molecule has 0 atom stereocenters. The molecule has 0 aliphatic heterocycles. The lowest BCUT2D eigenvalue weighted by molar-refractivity contribution is 1.07. The van der Waals surface area contributed by atoms with Crippen LogP contribution in [0.5, 0.6) is 0 Å². The monoisotopic (exact) mass is 616 g/mol. The third kappa shape index (κ3) is 4.99. The zero-order valence-corrected chi connectivity index (χ0v) is 25.7. The Kier molecular flexibility index (Phi) is 5.61. The molecular weight excluding hydrogens is 583 g/mol. The van der Waals surface area contributed by atoms with Crippen LogP contribution in [-0.4, -0.2) is 15.0 Å². The maximum Gasteiger partial charge on any atom is 0.164 e. The zero-order valence-electron chi connectivity index (χ0n) is 30.7. The fourth-order valence-electron chi connectivity index (χ4n) is 6.45. The van der Waals surface area contributed by atoms with E-state index in [1.165, 1.54) is 32.3 Å². The average Bonchev–Trinajstić information content (AvgIpc) is 3.22. The molecule has 9 aromatic rings. The number of aromatic nitrogens is 3. The second-order valence-electron chi connectivity index (χ2n) is 11.7. The molecule has 0 aliphatic rings. The molecule has 0 saturated carbocycles. The highest BCUT2D eigenvalue weighted by molar-refractivity contribution is 6.25. The lowest BCUT2D eigenvalue weighted by Gasteiger charge is -2.12. The summed E-state index contributed by atoms with van der Waals surface area (Å²) in [5.74, 6) is 0.660. The fraction of sp³-hybridized carbons (Fsp3) is 0. The summed E-state index contributed by atoms with van der Waals surface area (Å²) in [6.45, 7) is 0. The number of rotatable bonds is 5. The summed E-state index contributed by atoms with van der Waals surface area (Å²) in [7, 11) is 0. The molecule has 0 amide bonds. The number of hydrogen-bond donors (Lipinski definition) is 0. The van der Waals surface area contributed by atoms with Gasteiger partial charge in [-0.15, -0.1) is 0 Å². The topological polar surface area (TPSA) is 38.7 Å². The highest BCUT2D eigenvalue weighted by atomic mass is 15.0. The van der Waals surface area contributed by atoms with E-state index in [1.54, 1.807) is 0 Å². The first kappa shape index (κ1) is 23.0. The summed E-state index contributed by atoms with van der Waals surface area (Å²) in [5, 5.41) is 7.27. The standard InChI is InChI=1S/C45H29N3/c1-3-11-30(12-4-1)31-19-23-34(24-20-31)44-46-43(33-13-5-2-6-14-33)47-45(48-44)35-25-21-32(22-26-35)36-27-28-41-39-17-8-7-15-37(39)38-16-9-10-18-40(38)42(41)29-36/h1-29H/i2D,5D,6D,13D,14D. The first-order valence-electron chi connectivity index (χ1n) is 18.3. The van der Waals surface area contributed by atoms with Crippen molar-refractivity contribution in [2.75, 3.05) is 0 Å². The van der Waals surface area contributed by atoms with Crippen molar-refractivity contribution in [1.82, 2.24) is 15.0 Å². The van der Waals surface area contributed by atoms with Gasteiger partial charge < -0.3 is 0 Å². The first-order valence-corrected chi connectivity index (χ1v) is 15.8. The SMILES string of the molecule is [2H]c1c([2H])c([2H])c(-c2nc(-c3ccc(-c4ccccc4)cc3)nc(-c3ccc(-c4ccc5c6ccccc6c6ccccc6c5c4)cc3)n2)c([2H])c1[2H]. The molecule has 0 unspecified atom stereocenters. The summed E-state index contributed by atoms with van der Waals surface area (Å²) in [6.07, 6.45) is 0. The van der Waals surface area contributed by atoms with Gasteiger partial charge in [-0.05, 0) is 60.6 Å². The van der Waals surface area contributed by atoms with E-state index in [2.05, 4.69) is 71.7 Å². The van der Waals surface area contributed by atoms with Crippen molar-refractivity contribution in [2.24, 2.45) is 0 Å². The molecule has 0 aliphatic carbocycles. The summed E-state index contributed by atoms with van der Waals surface area (Å²) in [5.41, 5.74) is 5.51. The molecule has 0 spiro atoms. The number of fused-ring (bicyclic) bond motifs is 6. The molecular formula is C45H29N3. The van der Waals surface area contributed by atoms with E-state index in [0.29, 0.717) is 22.8 Å². The molecule has 1 heterocycles. The maximum atomic E-state index is 8.65. The molecule has 0 fully saturated rings. The molecule has 1 aromatic heterocycles. The van der Waals surface area contributed by atoms with Crippen LogP contribution in [0.15, 0.2) is 176 Å². The molecule has 0 bridgehead atoms. The van der Waals surface area contributed by atoms with Gasteiger partial charge in [0.1, 0.15) is 0 Å².